The molecule has 2 aliphatic heterocycles. The van der Waals surface area contributed by atoms with Crippen LogP contribution in [0.3, 0.4) is 0 Å². The van der Waals surface area contributed by atoms with E-state index >= 15 is 0 Å². The van der Waals surface area contributed by atoms with E-state index in [0.29, 0.717) is 35.6 Å². The monoisotopic (exact) mass is 501 g/mol. The molecule has 188 valence electrons. The highest BCUT2D eigenvalue weighted by Gasteiger charge is 2.32. The molecule has 3 heterocycles. The molecule has 0 spiro atoms. The zero-order chi connectivity index (χ0) is 26.3. The minimum Gasteiger partial charge on any atom is -0.482 e. The van der Waals surface area contributed by atoms with Crippen LogP contribution in [0.1, 0.15) is 0 Å². The molecule has 1 saturated heterocycles. The molecular weight excluding hydrogens is 478 g/mol. The molecule has 1 fully saturated rings. The van der Waals surface area contributed by atoms with Gasteiger partial charge in [0.25, 0.3) is 23.3 Å². The second-order valence-electron chi connectivity index (χ2n) is 8.62. The van der Waals surface area contributed by atoms with Gasteiger partial charge in [-0.25, -0.2) is 4.98 Å². The molecule has 5 rings (SSSR count). The van der Waals surface area contributed by atoms with E-state index in [1.807, 2.05) is 6.07 Å². The van der Waals surface area contributed by atoms with Crippen LogP contribution in [0.25, 0.3) is 27.7 Å². The number of amides is 3. The minimum absolute atomic E-state index is 0.0377. The fraction of sp³-hybridized carbons (Fsp3) is 0.192. The highest BCUT2D eigenvalue weighted by Crippen LogP contribution is 2.34. The van der Waals surface area contributed by atoms with Gasteiger partial charge in [-0.2, -0.15) is 0 Å². The van der Waals surface area contributed by atoms with Crippen molar-refractivity contribution in [1.82, 2.24) is 19.8 Å². The summed E-state index contributed by atoms with van der Waals surface area (Å²) in [6, 6.07) is 10.4. The number of methoxy groups -OCH3 is 1. The smallest absolute Gasteiger partial charge is 0.272 e. The van der Waals surface area contributed by atoms with Gasteiger partial charge in [-0.3, -0.25) is 23.7 Å². The van der Waals surface area contributed by atoms with E-state index in [2.05, 4.69) is 28.8 Å². The predicted molar refractivity (Wildman–Crippen MR) is 136 cm³/mol. The van der Waals surface area contributed by atoms with Crippen LogP contribution in [0, 0.1) is 0 Å². The molecule has 3 amide bonds. The summed E-state index contributed by atoms with van der Waals surface area (Å²) in [6.45, 7) is 8.09. The van der Waals surface area contributed by atoms with Gasteiger partial charge in [-0.1, -0.05) is 31.4 Å². The fourth-order valence-electron chi connectivity index (χ4n) is 4.14. The number of hydrogen-bond donors (Lipinski definition) is 2. The number of anilines is 1. The molecule has 11 nitrogen and oxygen atoms in total. The van der Waals surface area contributed by atoms with Crippen molar-refractivity contribution >= 4 is 40.0 Å². The molecule has 0 atom stereocenters. The summed E-state index contributed by atoms with van der Waals surface area (Å²) in [5.74, 6) is -0.907. The lowest BCUT2D eigenvalue weighted by Gasteiger charge is -2.38. The van der Waals surface area contributed by atoms with E-state index in [1.54, 1.807) is 37.4 Å². The number of hydrogen-bond acceptors (Lipinski definition) is 7. The molecule has 0 radical (unpaired) electrons. The number of carbonyl (C=O) groups is 3. The van der Waals surface area contributed by atoms with Gasteiger partial charge in [0, 0.05) is 25.8 Å². The Labute approximate surface area is 211 Å². The number of benzene rings is 2. The lowest BCUT2D eigenvalue weighted by atomic mass is 10.0. The van der Waals surface area contributed by atoms with Crippen molar-refractivity contribution in [1.29, 1.82) is 0 Å². The molecule has 3 aromatic rings. The molecule has 2 N–H and O–H groups in total. The summed E-state index contributed by atoms with van der Waals surface area (Å²) in [6.07, 6.45) is 1.18. The van der Waals surface area contributed by atoms with E-state index in [1.165, 1.54) is 11.2 Å². The topological polar surface area (TPSA) is 132 Å². The molecule has 2 aliphatic rings. The summed E-state index contributed by atoms with van der Waals surface area (Å²) in [5, 5.41) is 5.41. The number of nitrogens with zero attached hydrogens (tertiary/aromatic N) is 3. The zero-order valence-electron chi connectivity index (χ0n) is 19.9. The van der Waals surface area contributed by atoms with Crippen molar-refractivity contribution < 1.29 is 23.9 Å². The Kier molecular flexibility index (Phi) is 6.06. The van der Waals surface area contributed by atoms with Crippen LogP contribution in [0.2, 0.25) is 0 Å². The van der Waals surface area contributed by atoms with Gasteiger partial charge in [-0.15, -0.1) is 0 Å². The van der Waals surface area contributed by atoms with Crippen molar-refractivity contribution in [3.63, 3.8) is 0 Å². The molecule has 0 unspecified atom stereocenters. The minimum atomic E-state index is -0.754. The Bertz CT molecular complexity index is 1550. The number of rotatable bonds is 6. The van der Waals surface area contributed by atoms with Crippen molar-refractivity contribution in [2.45, 2.75) is 6.10 Å². The summed E-state index contributed by atoms with van der Waals surface area (Å²) in [5.41, 5.74) is 1.54. The van der Waals surface area contributed by atoms with Gasteiger partial charge < -0.3 is 25.0 Å². The number of ether oxygens (including phenoxy) is 2. The maximum Gasteiger partial charge on any atom is 0.272 e. The molecule has 0 aliphatic carbocycles. The molecule has 1 aromatic heterocycles. The van der Waals surface area contributed by atoms with Crippen molar-refractivity contribution in [3.05, 3.63) is 71.9 Å². The third-order valence-electron chi connectivity index (χ3n) is 6.26. The first-order valence-electron chi connectivity index (χ1n) is 11.4. The van der Waals surface area contributed by atoms with E-state index in [4.69, 9.17) is 9.47 Å². The highest BCUT2D eigenvalue weighted by atomic mass is 16.5. The summed E-state index contributed by atoms with van der Waals surface area (Å²) in [7, 11) is 1.56. The third-order valence-corrected chi connectivity index (χ3v) is 6.26. The standard InChI is InChI=1S/C26H23N5O6/c1-14(25(34)30-10-17(11-30)36-3)28-24(33)15(2)31-13-27-23-18(5-4-6-19(23)26(31)35)16-7-8-20-21(9-16)37-12-22(32)29-20/h4-9,13,17H,1-2,10-12H2,3H3,(H,28,33)(H,29,32). The quantitative estimate of drug-likeness (QED) is 0.488. The van der Waals surface area contributed by atoms with E-state index < -0.39 is 17.4 Å². The van der Waals surface area contributed by atoms with Crippen LogP contribution in [0.4, 0.5) is 5.69 Å². The summed E-state index contributed by atoms with van der Waals surface area (Å²) in [4.78, 5) is 55.9. The van der Waals surface area contributed by atoms with Gasteiger partial charge >= 0.3 is 0 Å². The largest absolute Gasteiger partial charge is 0.482 e. The molecule has 11 heteroatoms. The van der Waals surface area contributed by atoms with Crippen molar-refractivity contribution in [2.24, 2.45) is 0 Å². The van der Waals surface area contributed by atoms with Crippen LogP contribution >= 0.6 is 0 Å². The van der Waals surface area contributed by atoms with Crippen molar-refractivity contribution in [2.75, 3.05) is 32.1 Å². The zero-order valence-corrected chi connectivity index (χ0v) is 19.9. The average Bonchev–Trinajstić information content (AvgIpc) is 2.87. The van der Waals surface area contributed by atoms with Crippen LogP contribution < -0.4 is 20.9 Å². The van der Waals surface area contributed by atoms with Crippen LogP contribution in [0.5, 0.6) is 5.75 Å². The molecule has 37 heavy (non-hydrogen) atoms. The van der Waals surface area contributed by atoms with Gasteiger partial charge in [0.05, 0.1) is 28.4 Å². The summed E-state index contributed by atoms with van der Waals surface area (Å²) < 4.78 is 11.7. The first-order valence-corrected chi connectivity index (χ1v) is 11.4. The van der Waals surface area contributed by atoms with Gasteiger partial charge in [-0.05, 0) is 23.8 Å². The lowest BCUT2D eigenvalue weighted by molar-refractivity contribution is -0.139. The van der Waals surface area contributed by atoms with Gasteiger partial charge in [0.15, 0.2) is 6.61 Å². The number of aromatic nitrogens is 2. The number of fused-ring (bicyclic) bond motifs is 2. The molecule has 2 aromatic carbocycles. The molecule has 0 saturated carbocycles. The first kappa shape index (κ1) is 23.9. The Morgan fingerprint density at radius 3 is 2.73 bits per heavy atom. The second-order valence-corrected chi connectivity index (χ2v) is 8.62. The van der Waals surface area contributed by atoms with Crippen LogP contribution in [-0.2, 0) is 19.1 Å². The Balaban J connectivity index is 1.38. The second kappa shape index (κ2) is 9.36. The number of carbonyl (C=O) groups excluding carboxylic acids is 3. The van der Waals surface area contributed by atoms with Crippen molar-refractivity contribution in [3.8, 4) is 16.9 Å². The summed E-state index contributed by atoms with van der Waals surface area (Å²) >= 11 is 0. The number of likely N-dealkylation sites (tertiary alicyclic amines) is 1. The lowest BCUT2D eigenvalue weighted by Crippen LogP contribution is -2.55. The normalized spacial score (nSPS) is 14.7. The SMILES string of the molecule is C=C(NC(=O)C(=C)n1cnc2c(-c3ccc4c(c3)OCC(=O)N4)cccc2c1=O)C(=O)N1CC(OC)C1. The van der Waals surface area contributed by atoms with Crippen LogP contribution in [0.15, 0.2) is 66.4 Å². The molecule has 0 bridgehead atoms. The van der Waals surface area contributed by atoms with Crippen LogP contribution in [-0.4, -0.2) is 65.1 Å². The van der Waals surface area contributed by atoms with Gasteiger partial charge in [0.1, 0.15) is 17.8 Å². The van der Waals surface area contributed by atoms with Gasteiger partial charge in [0.2, 0.25) is 0 Å². The Hall–Kier alpha value is -4.77. The van der Waals surface area contributed by atoms with E-state index in [9.17, 15) is 19.2 Å². The maximum atomic E-state index is 13.3. The number of nitrogens with one attached hydrogen (secondary N) is 2. The average molecular weight is 501 g/mol. The fourth-order valence-corrected chi connectivity index (χ4v) is 4.14. The molecular formula is C26H23N5O6. The first-order chi connectivity index (χ1) is 17.8. The maximum absolute atomic E-state index is 13.3. The Morgan fingerprint density at radius 2 is 1.97 bits per heavy atom. The third kappa shape index (κ3) is 4.36. The Morgan fingerprint density at radius 1 is 1.19 bits per heavy atom. The number of para-hydroxylation sites is 1. The predicted octanol–water partition coefficient (Wildman–Crippen LogP) is 1.35. The van der Waals surface area contributed by atoms with E-state index in [-0.39, 0.29) is 35.4 Å². The highest BCUT2D eigenvalue weighted by molar-refractivity contribution is 6.15. The van der Waals surface area contributed by atoms with E-state index in [0.717, 1.165) is 10.1 Å².